The van der Waals surface area contributed by atoms with Crippen LogP contribution in [0.25, 0.3) is 0 Å². The van der Waals surface area contributed by atoms with E-state index in [9.17, 15) is 4.79 Å². The molecule has 0 aliphatic rings. The molecular formula is C11H18O2. The second-order valence-corrected chi connectivity index (χ2v) is 3.57. The van der Waals surface area contributed by atoms with E-state index >= 15 is 0 Å². The highest BCUT2D eigenvalue weighted by atomic mass is 16.5. The Morgan fingerprint density at radius 2 is 2.15 bits per heavy atom. The van der Waals surface area contributed by atoms with Gasteiger partial charge in [0.25, 0.3) is 0 Å². The number of esters is 1. The third kappa shape index (κ3) is 6.14. The van der Waals surface area contributed by atoms with Crippen LogP contribution in [0.15, 0.2) is 24.8 Å². The Bertz CT molecular complexity index is 202. The van der Waals surface area contributed by atoms with E-state index in [4.69, 9.17) is 4.74 Å². The summed E-state index contributed by atoms with van der Waals surface area (Å²) in [5.41, 5.74) is -0.0193. The molecule has 0 atom stereocenters. The van der Waals surface area contributed by atoms with Crippen molar-refractivity contribution in [3.8, 4) is 0 Å². The van der Waals surface area contributed by atoms with Crippen molar-refractivity contribution in [1.29, 1.82) is 0 Å². The van der Waals surface area contributed by atoms with Crippen molar-refractivity contribution >= 4 is 5.97 Å². The number of ether oxygens (including phenoxy) is 1. The molecule has 13 heavy (non-hydrogen) atoms. The quantitative estimate of drug-likeness (QED) is 0.371. The highest BCUT2D eigenvalue weighted by molar-refractivity contribution is 5.81. The molecule has 0 aromatic heterocycles. The number of hydrogen-bond donors (Lipinski definition) is 0. The van der Waals surface area contributed by atoms with Gasteiger partial charge < -0.3 is 4.74 Å². The van der Waals surface area contributed by atoms with Crippen molar-refractivity contribution in [1.82, 2.24) is 0 Å². The Balaban J connectivity index is 4.08. The second-order valence-electron chi connectivity index (χ2n) is 3.57. The maximum absolute atomic E-state index is 11.0. The van der Waals surface area contributed by atoms with Gasteiger partial charge in [0.1, 0.15) is 0 Å². The summed E-state index contributed by atoms with van der Waals surface area (Å²) in [6.07, 6.45) is 6.03. The SMILES string of the molecule is C=CCC(C)(C)C=CC(=O)OCC. The van der Waals surface area contributed by atoms with Gasteiger partial charge in [-0.05, 0) is 18.8 Å². The van der Waals surface area contributed by atoms with E-state index in [1.54, 1.807) is 6.92 Å². The van der Waals surface area contributed by atoms with Gasteiger partial charge in [0.15, 0.2) is 0 Å². The summed E-state index contributed by atoms with van der Waals surface area (Å²) in [5.74, 6) is -0.278. The number of carbonyl (C=O) groups is 1. The molecule has 0 radical (unpaired) electrons. The van der Waals surface area contributed by atoms with Crippen LogP contribution < -0.4 is 0 Å². The number of carbonyl (C=O) groups excluding carboxylic acids is 1. The molecule has 0 spiro atoms. The van der Waals surface area contributed by atoms with Crippen LogP contribution in [0.5, 0.6) is 0 Å². The van der Waals surface area contributed by atoms with E-state index in [1.165, 1.54) is 6.08 Å². The van der Waals surface area contributed by atoms with Crippen LogP contribution in [0.2, 0.25) is 0 Å². The fourth-order valence-electron chi connectivity index (χ4n) is 0.924. The molecule has 0 aliphatic carbocycles. The van der Waals surface area contributed by atoms with Crippen LogP contribution in [-0.2, 0) is 9.53 Å². The Morgan fingerprint density at radius 1 is 1.54 bits per heavy atom. The summed E-state index contributed by atoms with van der Waals surface area (Å²) in [6, 6.07) is 0. The van der Waals surface area contributed by atoms with Crippen molar-refractivity contribution < 1.29 is 9.53 Å². The minimum Gasteiger partial charge on any atom is -0.463 e. The van der Waals surface area contributed by atoms with Gasteiger partial charge in [-0.25, -0.2) is 4.79 Å². The van der Waals surface area contributed by atoms with E-state index in [1.807, 2.05) is 26.0 Å². The Morgan fingerprint density at radius 3 is 2.62 bits per heavy atom. The molecule has 0 aliphatic heterocycles. The maximum atomic E-state index is 11.0. The molecule has 0 saturated heterocycles. The lowest BCUT2D eigenvalue weighted by Crippen LogP contribution is -2.07. The molecule has 0 N–H and O–H groups in total. The van der Waals surface area contributed by atoms with Gasteiger partial charge in [-0.15, -0.1) is 6.58 Å². The third-order valence-electron chi connectivity index (χ3n) is 1.63. The number of allylic oxidation sites excluding steroid dienone is 2. The van der Waals surface area contributed by atoms with Gasteiger partial charge >= 0.3 is 5.97 Å². The zero-order valence-electron chi connectivity index (χ0n) is 8.67. The normalized spacial score (nSPS) is 11.6. The number of rotatable bonds is 5. The summed E-state index contributed by atoms with van der Waals surface area (Å²) >= 11 is 0. The van der Waals surface area contributed by atoms with Crippen LogP contribution in [-0.4, -0.2) is 12.6 Å². The maximum Gasteiger partial charge on any atom is 0.330 e. The molecule has 0 unspecified atom stereocenters. The lowest BCUT2D eigenvalue weighted by molar-refractivity contribution is -0.137. The van der Waals surface area contributed by atoms with Gasteiger partial charge in [0, 0.05) is 6.08 Å². The summed E-state index contributed by atoms with van der Waals surface area (Å²) in [7, 11) is 0. The molecular weight excluding hydrogens is 164 g/mol. The molecule has 0 bridgehead atoms. The fraction of sp³-hybridized carbons (Fsp3) is 0.545. The molecule has 0 aromatic rings. The Labute approximate surface area is 80.3 Å². The molecule has 2 heteroatoms. The average molecular weight is 182 g/mol. The standard InChI is InChI=1S/C11H18O2/c1-5-8-11(3,4)9-7-10(12)13-6-2/h5,7,9H,1,6,8H2,2-4H3. The van der Waals surface area contributed by atoms with Gasteiger partial charge in [-0.2, -0.15) is 0 Å². The molecule has 0 saturated carbocycles. The van der Waals surface area contributed by atoms with E-state index in [2.05, 4.69) is 6.58 Å². The molecule has 0 heterocycles. The predicted molar refractivity (Wildman–Crippen MR) is 54.4 cm³/mol. The molecule has 74 valence electrons. The monoisotopic (exact) mass is 182 g/mol. The smallest absolute Gasteiger partial charge is 0.330 e. The van der Waals surface area contributed by atoms with Crippen molar-refractivity contribution in [3.05, 3.63) is 24.8 Å². The summed E-state index contributed by atoms with van der Waals surface area (Å²) in [6.45, 7) is 9.97. The average Bonchev–Trinajstić information content (AvgIpc) is 2.02. The van der Waals surface area contributed by atoms with Gasteiger partial charge in [0.05, 0.1) is 6.61 Å². The Kier molecular flexibility index (Phi) is 5.12. The topological polar surface area (TPSA) is 26.3 Å². The van der Waals surface area contributed by atoms with Gasteiger partial charge in [0.2, 0.25) is 0 Å². The predicted octanol–water partition coefficient (Wildman–Crippen LogP) is 2.71. The van der Waals surface area contributed by atoms with Crippen LogP contribution in [0.3, 0.4) is 0 Å². The molecule has 0 rings (SSSR count). The first-order chi connectivity index (χ1) is 6.02. The van der Waals surface area contributed by atoms with Gasteiger partial charge in [-0.1, -0.05) is 26.0 Å². The van der Waals surface area contributed by atoms with E-state index < -0.39 is 0 Å². The summed E-state index contributed by atoms with van der Waals surface area (Å²) in [4.78, 5) is 11.0. The second kappa shape index (κ2) is 5.57. The minimum absolute atomic E-state index is 0.0193. The summed E-state index contributed by atoms with van der Waals surface area (Å²) in [5, 5.41) is 0. The van der Waals surface area contributed by atoms with Gasteiger partial charge in [-0.3, -0.25) is 0 Å². The zero-order valence-corrected chi connectivity index (χ0v) is 8.67. The molecule has 0 amide bonds. The first-order valence-corrected chi connectivity index (χ1v) is 4.48. The first-order valence-electron chi connectivity index (χ1n) is 4.48. The zero-order chi connectivity index (χ0) is 10.3. The minimum atomic E-state index is -0.278. The largest absolute Gasteiger partial charge is 0.463 e. The lowest BCUT2D eigenvalue weighted by Gasteiger charge is -2.16. The van der Waals surface area contributed by atoms with Crippen LogP contribution >= 0.6 is 0 Å². The van der Waals surface area contributed by atoms with Crippen molar-refractivity contribution in [3.63, 3.8) is 0 Å². The van der Waals surface area contributed by atoms with E-state index in [0.29, 0.717) is 6.61 Å². The summed E-state index contributed by atoms with van der Waals surface area (Å²) < 4.78 is 4.76. The number of hydrogen-bond acceptors (Lipinski definition) is 2. The van der Waals surface area contributed by atoms with Crippen LogP contribution in [0, 0.1) is 5.41 Å². The first kappa shape index (κ1) is 11.9. The fourth-order valence-corrected chi connectivity index (χ4v) is 0.924. The van der Waals surface area contributed by atoms with E-state index in [0.717, 1.165) is 6.42 Å². The Hall–Kier alpha value is -1.05. The van der Waals surface area contributed by atoms with Crippen LogP contribution in [0.4, 0.5) is 0 Å². The van der Waals surface area contributed by atoms with E-state index in [-0.39, 0.29) is 11.4 Å². The molecule has 2 nitrogen and oxygen atoms in total. The van der Waals surface area contributed by atoms with Crippen molar-refractivity contribution in [2.24, 2.45) is 5.41 Å². The lowest BCUT2D eigenvalue weighted by atomic mass is 9.89. The van der Waals surface area contributed by atoms with Crippen molar-refractivity contribution in [2.75, 3.05) is 6.61 Å². The van der Waals surface area contributed by atoms with Crippen LogP contribution in [0.1, 0.15) is 27.2 Å². The molecule has 0 aromatic carbocycles. The van der Waals surface area contributed by atoms with Crippen molar-refractivity contribution in [2.45, 2.75) is 27.2 Å². The third-order valence-corrected chi connectivity index (χ3v) is 1.63. The highest BCUT2D eigenvalue weighted by Crippen LogP contribution is 2.22. The molecule has 0 fully saturated rings. The highest BCUT2D eigenvalue weighted by Gasteiger charge is 2.11.